The minimum absolute atomic E-state index is 0.201. The highest BCUT2D eigenvalue weighted by molar-refractivity contribution is 5.92. The third kappa shape index (κ3) is 6.87. The largest absolute Gasteiger partial charge is 0.444 e. The molecule has 0 N–H and O–H groups in total. The molecule has 1 heterocycles. The van der Waals surface area contributed by atoms with Gasteiger partial charge in [-0.15, -0.1) is 0 Å². The third-order valence-corrected chi connectivity index (χ3v) is 4.75. The van der Waals surface area contributed by atoms with E-state index in [4.69, 9.17) is 9.47 Å². The zero-order chi connectivity index (χ0) is 21.8. The summed E-state index contributed by atoms with van der Waals surface area (Å²) in [7, 11) is 0. The number of ether oxygens (including phenoxy) is 2. The normalized spacial score (nSPS) is 20.1. The second-order valence-corrected chi connectivity index (χ2v) is 9.74. The summed E-state index contributed by atoms with van der Waals surface area (Å²) in [6, 6.07) is 9.24. The Balaban J connectivity index is 2.15. The third-order valence-electron chi connectivity index (χ3n) is 4.75. The number of benzene rings is 1. The average molecular weight is 404 g/mol. The van der Waals surface area contributed by atoms with Crippen LogP contribution in [0.2, 0.25) is 0 Å². The van der Waals surface area contributed by atoms with Gasteiger partial charge >= 0.3 is 18.0 Å². The molecule has 0 saturated carbocycles. The summed E-state index contributed by atoms with van der Waals surface area (Å²) in [5.74, 6) is -1.08. The highest BCUT2D eigenvalue weighted by Crippen LogP contribution is 2.28. The van der Waals surface area contributed by atoms with Crippen molar-refractivity contribution in [3.8, 4) is 0 Å². The molecule has 6 nitrogen and oxygen atoms in total. The summed E-state index contributed by atoms with van der Waals surface area (Å²) in [5.41, 5.74) is -0.290. The summed E-state index contributed by atoms with van der Waals surface area (Å²) < 4.78 is 10.6. The zero-order valence-electron chi connectivity index (χ0n) is 18.4. The topological polar surface area (TPSA) is 72.9 Å². The van der Waals surface area contributed by atoms with Crippen molar-refractivity contribution in [1.82, 2.24) is 4.90 Å². The van der Waals surface area contributed by atoms with Gasteiger partial charge in [0.15, 0.2) is 0 Å². The summed E-state index contributed by atoms with van der Waals surface area (Å²) in [5, 5.41) is 0. The number of nitrogens with zero attached hydrogens (tertiary/aromatic N) is 1. The first-order valence-electron chi connectivity index (χ1n) is 10.2. The van der Waals surface area contributed by atoms with Crippen LogP contribution in [0.4, 0.5) is 4.79 Å². The molecule has 6 heteroatoms. The van der Waals surface area contributed by atoms with Crippen molar-refractivity contribution in [3.63, 3.8) is 0 Å². The van der Waals surface area contributed by atoms with E-state index in [0.717, 1.165) is 12.8 Å². The van der Waals surface area contributed by atoms with E-state index in [9.17, 15) is 14.4 Å². The van der Waals surface area contributed by atoms with Crippen LogP contribution in [0.5, 0.6) is 0 Å². The number of carbonyl (C=O) groups is 3. The van der Waals surface area contributed by atoms with Crippen molar-refractivity contribution in [2.45, 2.75) is 72.4 Å². The molecule has 0 unspecified atom stereocenters. The fraction of sp³-hybridized carbons (Fsp3) is 0.609. The number of hydrogen-bond acceptors (Lipinski definition) is 5. The van der Waals surface area contributed by atoms with Crippen LogP contribution in [0.3, 0.4) is 0 Å². The Bertz CT molecular complexity index is 730. The maximum absolute atomic E-state index is 12.8. The number of amides is 1. The number of hydrogen-bond donors (Lipinski definition) is 0. The van der Waals surface area contributed by atoms with E-state index < -0.39 is 35.1 Å². The zero-order valence-corrected chi connectivity index (χ0v) is 18.4. The van der Waals surface area contributed by atoms with Crippen LogP contribution in [-0.2, 0) is 25.5 Å². The lowest BCUT2D eigenvalue weighted by atomic mass is 9.88. The molecule has 1 aromatic carbocycles. The molecule has 1 saturated heterocycles. The van der Waals surface area contributed by atoms with E-state index in [-0.39, 0.29) is 5.92 Å². The molecule has 2 rings (SSSR count). The van der Waals surface area contributed by atoms with E-state index in [1.807, 2.05) is 18.2 Å². The lowest BCUT2D eigenvalue weighted by Gasteiger charge is -2.39. The van der Waals surface area contributed by atoms with Gasteiger partial charge in [-0.3, -0.25) is 9.69 Å². The van der Waals surface area contributed by atoms with E-state index in [0.29, 0.717) is 13.0 Å². The standard InChI is InChI=1S/C23H33NO5/c1-22(2,3)20(26)28-19(25)18-13-12-17(14-16-10-8-7-9-11-16)15-24(18)21(27)29-23(4,5)6/h7-11,17-18H,12-15H2,1-6H3/t17-,18-/m0/s1. The number of rotatable bonds is 3. The van der Waals surface area contributed by atoms with Crippen LogP contribution in [0.15, 0.2) is 30.3 Å². The molecule has 1 aliphatic heterocycles. The van der Waals surface area contributed by atoms with E-state index >= 15 is 0 Å². The van der Waals surface area contributed by atoms with Crippen molar-refractivity contribution in [3.05, 3.63) is 35.9 Å². The average Bonchev–Trinajstić information content (AvgIpc) is 2.60. The van der Waals surface area contributed by atoms with E-state index in [1.165, 1.54) is 10.5 Å². The van der Waals surface area contributed by atoms with Crippen molar-refractivity contribution in [2.24, 2.45) is 11.3 Å². The predicted octanol–water partition coefficient (Wildman–Crippen LogP) is 4.36. The summed E-state index contributed by atoms with van der Waals surface area (Å²) in [6.45, 7) is 10.8. The summed E-state index contributed by atoms with van der Waals surface area (Å²) in [4.78, 5) is 39.1. The monoisotopic (exact) mass is 403 g/mol. The van der Waals surface area contributed by atoms with Gasteiger partial charge in [0.1, 0.15) is 11.6 Å². The van der Waals surface area contributed by atoms with Gasteiger partial charge < -0.3 is 9.47 Å². The molecule has 1 amide bonds. The maximum Gasteiger partial charge on any atom is 0.411 e. The summed E-state index contributed by atoms with van der Waals surface area (Å²) >= 11 is 0. The SMILES string of the molecule is CC(C)(C)OC(=O)N1C[C@H](Cc2ccccc2)CC[C@H]1C(=O)OC(=O)C(C)(C)C. The van der Waals surface area contributed by atoms with Gasteiger partial charge in [0.25, 0.3) is 0 Å². The van der Waals surface area contributed by atoms with Gasteiger partial charge in [0.2, 0.25) is 0 Å². The van der Waals surface area contributed by atoms with Crippen LogP contribution >= 0.6 is 0 Å². The first kappa shape index (κ1) is 22.9. The van der Waals surface area contributed by atoms with Crippen LogP contribution in [0.1, 0.15) is 59.9 Å². The summed E-state index contributed by atoms with van der Waals surface area (Å²) in [6.07, 6.45) is 1.45. The minimum atomic E-state index is -0.817. The van der Waals surface area contributed by atoms with Crippen LogP contribution in [-0.4, -0.2) is 41.1 Å². The number of piperidine rings is 1. The first-order valence-corrected chi connectivity index (χ1v) is 10.2. The highest BCUT2D eigenvalue weighted by atomic mass is 16.6. The Morgan fingerprint density at radius 3 is 2.17 bits per heavy atom. The fourth-order valence-electron chi connectivity index (χ4n) is 3.24. The Morgan fingerprint density at radius 1 is 1.00 bits per heavy atom. The molecule has 0 aliphatic carbocycles. The van der Waals surface area contributed by atoms with Gasteiger partial charge in [0.05, 0.1) is 5.41 Å². The van der Waals surface area contributed by atoms with Crippen molar-refractivity contribution in [2.75, 3.05) is 6.54 Å². The molecule has 0 radical (unpaired) electrons. The molecule has 1 aromatic rings. The molecule has 1 aliphatic rings. The molecule has 0 aromatic heterocycles. The van der Waals surface area contributed by atoms with Crippen LogP contribution in [0.25, 0.3) is 0 Å². The number of carbonyl (C=O) groups excluding carboxylic acids is 3. The number of likely N-dealkylation sites (tertiary alicyclic amines) is 1. The molecule has 29 heavy (non-hydrogen) atoms. The molecule has 160 valence electrons. The van der Waals surface area contributed by atoms with Gasteiger partial charge in [-0.05, 0) is 72.3 Å². The molecule has 0 bridgehead atoms. The van der Waals surface area contributed by atoms with Crippen LogP contribution in [0, 0.1) is 11.3 Å². The fourth-order valence-corrected chi connectivity index (χ4v) is 3.24. The second kappa shape index (κ2) is 8.97. The Kier molecular flexibility index (Phi) is 7.09. The van der Waals surface area contributed by atoms with Gasteiger partial charge in [-0.2, -0.15) is 0 Å². The second-order valence-electron chi connectivity index (χ2n) is 9.74. The number of esters is 2. The van der Waals surface area contributed by atoms with Crippen LogP contribution < -0.4 is 0 Å². The van der Waals surface area contributed by atoms with Gasteiger partial charge in [0, 0.05) is 6.54 Å². The van der Waals surface area contributed by atoms with Gasteiger partial charge in [-0.25, -0.2) is 9.59 Å². The van der Waals surface area contributed by atoms with E-state index in [1.54, 1.807) is 41.5 Å². The molecular formula is C23H33NO5. The molecule has 2 atom stereocenters. The van der Waals surface area contributed by atoms with E-state index in [2.05, 4.69) is 12.1 Å². The van der Waals surface area contributed by atoms with Crippen molar-refractivity contribution in [1.29, 1.82) is 0 Å². The molecule has 1 fully saturated rings. The Morgan fingerprint density at radius 2 is 1.62 bits per heavy atom. The minimum Gasteiger partial charge on any atom is -0.444 e. The lowest BCUT2D eigenvalue weighted by Crippen LogP contribution is -2.53. The molecule has 0 spiro atoms. The quantitative estimate of drug-likeness (QED) is 0.554. The highest BCUT2D eigenvalue weighted by Gasteiger charge is 2.40. The Labute approximate surface area is 173 Å². The van der Waals surface area contributed by atoms with Crippen molar-refractivity contribution < 1.29 is 23.9 Å². The maximum atomic E-state index is 12.8. The predicted molar refractivity (Wildman–Crippen MR) is 110 cm³/mol. The lowest BCUT2D eigenvalue weighted by molar-refractivity contribution is -0.170. The first-order chi connectivity index (χ1) is 13.4. The Hall–Kier alpha value is -2.37. The smallest absolute Gasteiger partial charge is 0.411 e. The van der Waals surface area contributed by atoms with Gasteiger partial charge in [-0.1, -0.05) is 30.3 Å². The molecular weight excluding hydrogens is 370 g/mol. The van der Waals surface area contributed by atoms with Crippen molar-refractivity contribution >= 4 is 18.0 Å².